The molecule has 0 spiro atoms. The SMILES string of the molecule is CC/C=N/C1CCCCCC1. The minimum atomic E-state index is 0.664. The van der Waals surface area contributed by atoms with Gasteiger partial charge in [0.25, 0.3) is 0 Å². The smallest absolute Gasteiger partial charge is 0.0495 e. The topological polar surface area (TPSA) is 12.4 Å². The fourth-order valence-electron chi connectivity index (χ4n) is 1.66. The molecular weight excluding hydrogens is 134 g/mol. The third kappa shape index (κ3) is 3.54. The third-order valence-electron chi connectivity index (χ3n) is 2.32. The fourth-order valence-corrected chi connectivity index (χ4v) is 1.66. The molecule has 1 fully saturated rings. The van der Waals surface area contributed by atoms with Crippen LogP contribution in [0.2, 0.25) is 0 Å². The van der Waals surface area contributed by atoms with Crippen molar-refractivity contribution in [3.63, 3.8) is 0 Å². The van der Waals surface area contributed by atoms with Crippen molar-refractivity contribution in [1.82, 2.24) is 0 Å². The number of aliphatic imine (C=N–C) groups is 1. The molecule has 0 radical (unpaired) electrons. The molecule has 0 amide bonds. The summed E-state index contributed by atoms with van der Waals surface area (Å²) in [6.45, 7) is 2.15. The van der Waals surface area contributed by atoms with Crippen LogP contribution < -0.4 is 0 Å². The Bertz CT molecular complexity index is 110. The average Bonchev–Trinajstić information content (AvgIpc) is 2.28. The lowest BCUT2D eigenvalue weighted by atomic mass is 10.1. The molecule has 64 valence electrons. The van der Waals surface area contributed by atoms with E-state index in [9.17, 15) is 0 Å². The van der Waals surface area contributed by atoms with E-state index in [0.29, 0.717) is 6.04 Å². The quantitative estimate of drug-likeness (QED) is 0.427. The highest BCUT2D eigenvalue weighted by Crippen LogP contribution is 2.19. The Morgan fingerprint density at radius 3 is 2.36 bits per heavy atom. The summed E-state index contributed by atoms with van der Waals surface area (Å²) in [6.07, 6.45) is 11.5. The molecule has 0 aromatic heterocycles. The summed E-state index contributed by atoms with van der Waals surface area (Å²) in [4.78, 5) is 4.54. The van der Waals surface area contributed by atoms with Gasteiger partial charge in [-0.1, -0.05) is 32.6 Å². The molecule has 1 aliphatic carbocycles. The first-order chi connectivity index (χ1) is 5.43. The second-order valence-corrected chi connectivity index (χ2v) is 3.39. The molecule has 1 heteroatoms. The summed E-state index contributed by atoms with van der Waals surface area (Å²) in [5, 5.41) is 0. The van der Waals surface area contributed by atoms with Gasteiger partial charge in [0.1, 0.15) is 0 Å². The van der Waals surface area contributed by atoms with Crippen LogP contribution in [0.4, 0.5) is 0 Å². The second-order valence-electron chi connectivity index (χ2n) is 3.39. The largest absolute Gasteiger partial charge is 0.294 e. The van der Waals surface area contributed by atoms with Crippen molar-refractivity contribution in [1.29, 1.82) is 0 Å². The van der Waals surface area contributed by atoms with Crippen LogP contribution in [0.1, 0.15) is 51.9 Å². The highest BCUT2D eigenvalue weighted by molar-refractivity contribution is 5.56. The number of hydrogen-bond acceptors (Lipinski definition) is 1. The first-order valence-electron chi connectivity index (χ1n) is 4.95. The summed E-state index contributed by atoms with van der Waals surface area (Å²) >= 11 is 0. The summed E-state index contributed by atoms with van der Waals surface area (Å²) < 4.78 is 0. The predicted molar refractivity (Wildman–Crippen MR) is 50.3 cm³/mol. The Kier molecular flexibility index (Phi) is 4.25. The maximum atomic E-state index is 4.54. The zero-order valence-corrected chi connectivity index (χ0v) is 7.55. The molecule has 0 heterocycles. The summed E-state index contributed by atoms with van der Waals surface area (Å²) in [7, 11) is 0. The molecule has 1 aliphatic rings. The Morgan fingerprint density at radius 2 is 1.82 bits per heavy atom. The predicted octanol–water partition coefficient (Wildman–Crippen LogP) is 3.19. The van der Waals surface area contributed by atoms with Crippen molar-refractivity contribution in [3.8, 4) is 0 Å². The first-order valence-corrected chi connectivity index (χ1v) is 4.95. The van der Waals surface area contributed by atoms with Gasteiger partial charge >= 0.3 is 0 Å². The summed E-state index contributed by atoms with van der Waals surface area (Å²) in [5.74, 6) is 0. The van der Waals surface area contributed by atoms with E-state index in [1.807, 2.05) is 0 Å². The van der Waals surface area contributed by atoms with E-state index in [1.54, 1.807) is 0 Å². The molecule has 0 N–H and O–H groups in total. The molecule has 0 aliphatic heterocycles. The average molecular weight is 153 g/mol. The lowest BCUT2D eigenvalue weighted by molar-refractivity contribution is 0.587. The third-order valence-corrected chi connectivity index (χ3v) is 2.32. The molecular formula is C10H19N. The number of hydrogen-bond donors (Lipinski definition) is 0. The summed E-state index contributed by atoms with van der Waals surface area (Å²) in [5.41, 5.74) is 0. The molecule has 0 bridgehead atoms. The van der Waals surface area contributed by atoms with Crippen LogP contribution in [0.5, 0.6) is 0 Å². The maximum Gasteiger partial charge on any atom is 0.0495 e. The van der Waals surface area contributed by atoms with Crippen LogP contribution in [-0.2, 0) is 0 Å². The van der Waals surface area contributed by atoms with Crippen LogP contribution in [0.3, 0.4) is 0 Å². The van der Waals surface area contributed by atoms with E-state index in [0.717, 1.165) is 6.42 Å². The Hall–Kier alpha value is -0.330. The zero-order chi connectivity index (χ0) is 7.94. The molecule has 0 unspecified atom stereocenters. The van der Waals surface area contributed by atoms with Crippen molar-refractivity contribution < 1.29 is 0 Å². The van der Waals surface area contributed by atoms with Gasteiger partial charge in [0.05, 0.1) is 0 Å². The van der Waals surface area contributed by atoms with Gasteiger partial charge in [-0.2, -0.15) is 0 Å². The van der Waals surface area contributed by atoms with E-state index >= 15 is 0 Å². The highest BCUT2D eigenvalue weighted by Gasteiger charge is 2.08. The fraction of sp³-hybridized carbons (Fsp3) is 0.900. The molecule has 1 nitrogen and oxygen atoms in total. The maximum absolute atomic E-state index is 4.54. The van der Waals surface area contributed by atoms with Gasteiger partial charge in [0.2, 0.25) is 0 Å². The molecule has 0 aromatic rings. The number of rotatable bonds is 2. The van der Waals surface area contributed by atoms with Crippen molar-refractivity contribution in [3.05, 3.63) is 0 Å². The van der Waals surface area contributed by atoms with Crippen molar-refractivity contribution in [2.75, 3.05) is 0 Å². The van der Waals surface area contributed by atoms with Gasteiger partial charge in [0, 0.05) is 6.04 Å². The standard InChI is InChI=1S/C10H19N/c1-2-9-11-10-7-5-3-4-6-8-10/h9-10H,2-8H2,1H3/b11-9+. The van der Waals surface area contributed by atoms with Gasteiger partial charge in [-0.05, 0) is 25.5 Å². The summed E-state index contributed by atoms with van der Waals surface area (Å²) in [6, 6.07) is 0.664. The van der Waals surface area contributed by atoms with Crippen LogP contribution >= 0.6 is 0 Å². The highest BCUT2D eigenvalue weighted by atomic mass is 14.8. The molecule has 0 atom stereocenters. The second kappa shape index (κ2) is 5.34. The normalized spacial score (nSPS) is 22.3. The Balaban J connectivity index is 2.25. The molecule has 11 heavy (non-hydrogen) atoms. The minimum Gasteiger partial charge on any atom is -0.294 e. The van der Waals surface area contributed by atoms with Crippen LogP contribution in [-0.4, -0.2) is 12.3 Å². The van der Waals surface area contributed by atoms with Crippen LogP contribution in [0.25, 0.3) is 0 Å². The number of nitrogens with zero attached hydrogens (tertiary/aromatic N) is 1. The van der Waals surface area contributed by atoms with Gasteiger partial charge in [-0.3, -0.25) is 4.99 Å². The van der Waals surface area contributed by atoms with E-state index in [2.05, 4.69) is 18.1 Å². The zero-order valence-electron chi connectivity index (χ0n) is 7.55. The Labute approximate surface area is 69.9 Å². The van der Waals surface area contributed by atoms with Crippen LogP contribution in [0, 0.1) is 0 Å². The molecule has 1 saturated carbocycles. The van der Waals surface area contributed by atoms with E-state index in [4.69, 9.17) is 0 Å². The van der Waals surface area contributed by atoms with Gasteiger partial charge in [0.15, 0.2) is 0 Å². The van der Waals surface area contributed by atoms with Gasteiger partial charge in [-0.25, -0.2) is 0 Å². The first kappa shape index (κ1) is 8.76. The van der Waals surface area contributed by atoms with Crippen molar-refractivity contribution in [2.45, 2.75) is 57.9 Å². The van der Waals surface area contributed by atoms with E-state index < -0.39 is 0 Å². The van der Waals surface area contributed by atoms with Crippen molar-refractivity contribution >= 4 is 6.21 Å². The van der Waals surface area contributed by atoms with Crippen molar-refractivity contribution in [2.24, 2.45) is 4.99 Å². The lowest BCUT2D eigenvalue weighted by Gasteiger charge is -2.06. The van der Waals surface area contributed by atoms with E-state index in [-0.39, 0.29) is 0 Å². The molecule has 1 rings (SSSR count). The van der Waals surface area contributed by atoms with E-state index in [1.165, 1.54) is 38.5 Å². The van der Waals surface area contributed by atoms with Gasteiger partial charge < -0.3 is 0 Å². The molecule has 0 saturated heterocycles. The van der Waals surface area contributed by atoms with Gasteiger partial charge in [-0.15, -0.1) is 0 Å². The minimum absolute atomic E-state index is 0.664. The lowest BCUT2D eigenvalue weighted by Crippen LogP contribution is -2.01. The monoisotopic (exact) mass is 153 g/mol. The Morgan fingerprint density at radius 1 is 1.18 bits per heavy atom. The molecule has 0 aromatic carbocycles. The van der Waals surface area contributed by atoms with Crippen LogP contribution in [0.15, 0.2) is 4.99 Å².